The van der Waals surface area contributed by atoms with Gasteiger partial charge in [0, 0.05) is 5.02 Å². The fourth-order valence-electron chi connectivity index (χ4n) is 2.30. The Kier molecular flexibility index (Phi) is 5.85. The molecule has 134 valence electrons. The first-order valence-electron chi connectivity index (χ1n) is 7.91. The minimum absolute atomic E-state index is 0.267. The van der Waals surface area contributed by atoms with Crippen LogP contribution in [-0.2, 0) is 4.79 Å². The smallest absolute Gasteiger partial charge is 0.286 e. The summed E-state index contributed by atoms with van der Waals surface area (Å²) in [6, 6.07) is 13.0. The highest BCUT2D eigenvalue weighted by atomic mass is 35.5. The van der Waals surface area contributed by atoms with E-state index >= 15 is 0 Å². The molecule has 0 spiro atoms. The SMILES string of the molecule is Cc1cc(OCCOc2cccc(/C=C3/SC(N)=NC3=O)c2)ccc1Cl. The Hall–Kier alpha value is -2.44. The van der Waals surface area contributed by atoms with Crippen molar-refractivity contribution in [2.24, 2.45) is 10.7 Å². The number of carbonyl (C=O) groups excluding carboxylic acids is 1. The van der Waals surface area contributed by atoms with Crippen LogP contribution in [-0.4, -0.2) is 24.3 Å². The van der Waals surface area contributed by atoms with E-state index in [0.29, 0.717) is 28.9 Å². The second-order valence-corrected chi connectivity index (χ2v) is 7.02. The molecular weight excluding hydrogens is 372 g/mol. The van der Waals surface area contributed by atoms with Crippen LogP contribution in [0.25, 0.3) is 6.08 Å². The van der Waals surface area contributed by atoms with Gasteiger partial charge >= 0.3 is 0 Å². The first kappa shape index (κ1) is 18.4. The summed E-state index contributed by atoms with van der Waals surface area (Å²) in [5.74, 6) is 1.13. The average Bonchev–Trinajstić information content (AvgIpc) is 2.92. The van der Waals surface area contributed by atoms with E-state index in [4.69, 9.17) is 26.8 Å². The maximum Gasteiger partial charge on any atom is 0.286 e. The molecule has 26 heavy (non-hydrogen) atoms. The largest absolute Gasteiger partial charge is 0.490 e. The Bertz CT molecular complexity index is 896. The molecule has 1 aliphatic rings. The summed E-state index contributed by atoms with van der Waals surface area (Å²) in [5, 5.41) is 0.980. The molecule has 0 bridgehead atoms. The summed E-state index contributed by atoms with van der Waals surface area (Å²) in [6.45, 7) is 2.73. The van der Waals surface area contributed by atoms with Crippen LogP contribution in [0.5, 0.6) is 11.5 Å². The van der Waals surface area contributed by atoms with Crippen molar-refractivity contribution < 1.29 is 14.3 Å². The number of halogens is 1. The topological polar surface area (TPSA) is 73.9 Å². The van der Waals surface area contributed by atoms with Gasteiger partial charge in [-0.15, -0.1) is 0 Å². The lowest BCUT2D eigenvalue weighted by Gasteiger charge is -2.10. The second-order valence-electron chi connectivity index (χ2n) is 5.55. The predicted molar refractivity (Wildman–Crippen MR) is 106 cm³/mol. The van der Waals surface area contributed by atoms with E-state index in [9.17, 15) is 4.79 Å². The van der Waals surface area contributed by atoms with Crippen LogP contribution in [0, 0.1) is 6.92 Å². The highest BCUT2D eigenvalue weighted by Crippen LogP contribution is 2.27. The molecule has 1 heterocycles. The number of amides is 1. The number of nitrogens with two attached hydrogens (primary N) is 1. The first-order chi connectivity index (χ1) is 12.5. The lowest BCUT2D eigenvalue weighted by molar-refractivity contribution is -0.113. The van der Waals surface area contributed by atoms with Gasteiger partial charge in [0.2, 0.25) is 0 Å². The molecule has 0 radical (unpaired) electrons. The number of aliphatic imine (C=N–C) groups is 1. The Morgan fingerprint density at radius 2 is 1.88 bits per heavy atom. The van der Waals surface area contributed by atoms with Crippen molar-refractivity contribution in [1.29, 1.82) is 0 Å². The lowest BCUT2D eigenvalue weighted by atomic mass is 10.2. The number of benzene rings is 2. The molecule has 5 nitrogen and oxygen atoms in total. The quantitative estimate of drug-likeness (QED) is 0.597. The molecule has 3 rings (SSSR count). The molecule has 2 aromatic rings. The van der Waals surface area contributed by atoms with Crippen molar-refractivity contribution in [1.82, 2.24) is 0 Å². The van der Waals surface area contributed by atoms with E-state index in [-0.39, 0.29) is 11.1 Å². The Morgan fingerprint density at radius 3 is 2.54 bits per heavy atom. The second kappa shape index (κ2) is 8.29. The van der Waals surface area contributed by atoms with Gasteiger partial charge in [0.25, 0.3) is 5.91 Å². The summed E-state index contributed by atoms with van der Waals surface area (Å²) in [7, 11) is 0. The van der Waals surface area contributed by atoms with Crippen LogP contribution in [0.1, 0.15) is 11.1 Å². The lowest BCUT2D eigenvalue weighted by Crippen LogP contribution is -2.09. The standard InChI is InChI=1S/C19H17ClN2O3S/c1-12-9-15(5-6-16(12)20)25-8-7-24-14-4-2-3-13(10-14)11-17-18(23)22-19(21)26-17/h2-6,9-11H,7-8H2,1H3,(H2,21,22,23)/b17-11+. The molecule has 0 saturated heterocycles. The Morgan fingerprint density at radius 1 is 1.15 bits per heavy atom. The van der Waals surface area contributed by atoms with E-state index < -0.39 is 0 Å². The van der Waals surface area contributed by atoms with Crippen LogP contribution < -0.4 is 15.2 Å². The van der Waals surface area contributed by atoms with E-state index in [1.165, 1.54) is 0 Å². The van der Waals surface area contributed by atoms with Crippen LogP contribution in [0.2, 0.25) is 5.02 Å². The summed E-state index contributed by atoms with van der Waals surface area (Å²) in [4.78, 5) is 15.8. The average molecular weight is 389 g/mol. The van der Waals surface area contributed by atoms with Crippen molar-refractivity contribution >= 4 is 40.5 Å². The monoisotopic (exact) mass is 388 g/mol. The van der Waals surface area contributed by atoms with Crippen molar-refractivity contribution in [2.75, 3.05) is 13.2 Å². The number of hydrogen-bond acceptors (Lipinski definition) is 5. The number of aryl methyl sites for hydroxylation is 1. The zero-order valence-corrected chi connectivity index (χ0v) is 15.6. The van der Waals surface area contributed by atoms with Gasteiger partial charge in [-0.1, -0.05) is 23.7 Å². The number of nitrogens with zero attached hydrogens (tertiary/aromatic N) is 1. The van der Waals surface area contributed by atoms with Crippen LogP contribution in [0.15, 0.2) is 52.4 Å². The fraction of sp³-hybridized carbons (Fsp3) is 0.158. The van der Waals surface area contributed by atoms with Gasteiger partial charge in [-0.05, 0) is 66.2 Å². The third-order valence-electron chi connectivity index (χ3n) is 3.54. The molecule has 1 aliphatic heterocycles. The van der Waals surface area contributed by atoms with Gasteiger partial charge in [0.15, 0.2) is 5.17 Å². The van der Waals surface area contributed by atoms with E-state index in [2.05, 4.69) is 4.99 Å². The Balaban J connectivity index is 1.53. The van der Waals surface area contributed by atoms with E-state index in [1.807, 2.05) is 49.4 Å². The van der Waals surface area contributed by atoms with Crippen molar-refractivity contribution in [2.45, 2.75) is 6.92 Å². The van der Waals surface area contributed by atoms with Crippen LogP contribution in [0.3, 0.4) is 0 Å². The van der Waals surface area contributed by atoms with Crippen molar-refractivity contribution in [3.63, 3.8) is 0 Å². The number of rotatable bonds is 6. The highest BCUT2D eigenvalue weighted by Gasteiger charge is 2.19. The summed E-state index contributed by atoms with van der Waals surface area (Å²) in [6.07, 6.45) is 1.75. The molecule has 0 fully saturated rings. The first-order valence-corrected chi connectivity index (χ1v) is 9.10. The van der Waals surface area contributed by atoms with Gasteiger partial charge in [-0.2, -0.15) is 4.99 Å². The molecule has 0 aromatic heterocycles. The molecule has 7 heteroatoms. The molecule has 0 atom stereocenters. The van der Waals surface area contributed by atoms with Gasteiger partial charge in [0.05, 0.1) is 4.91 Å². The number of carbonyl (C=O) groups is 1. The predicted octanol–water partition coefficient (Wildman–Crippen LogP) is 4.04. The summed E-state index contributed by atoms with van der Waals surface area (Å²) >= 11 is 7.16. The zero-order valence-electron chi connectivity index (χ0n) is 14.1. The summed E-state index contributed by atoms with van der Waals surface area (Å²) in [5.41, 5.74) is 7.36. The molecule has 2 aromatic carbocycles. The molecular formula is C19H17ClN2O3S. The molecule has 0 saturated carbocycles. The maximum atomic E-state index is 11.7. The number of hydrogen-bond donors (Lipinski definition) is 1. The van der Waals surface area contributed by atoms with Crippen molar-refractivity contribution in [3.8, 4) is 11.5 Å². The molecule has 1 amide bonds. The van der Waals surface area contributed by atoms with Gasteiger partial charge < -0.3 is 15.2 Å². The van der Waals surface area contributed by atoms with Crippen LogP contribution >= 0.6 is 23.4 Å². The highest BCUT2D eigenvalue weighted by molar-refractivity contribution is 8.18. The van der Waals surface area contributed by atoms with Gasteiger partial charge in [-0.25, -0.2) is 0 Å². The normalized spacial score (nSPS) is 15.2. The number of ether oxygens (including phenoxy) is 2. The zero-order chi connectivity index (χ0) is 18.5. The van der Waals surface area contributed by atoms with Crippen LogP contribution in [0.4, 0.5) is 0 Å². The molecule has 0 unspecified atom stereocenters. The third-order valence-corrected chi connectivity index (χ3v) is 4.78. The van der Waals surface area contributed by atoms with E-state index in [0.717, 1.165) is 28.6 Å². The minimum Gasteiger partial charge on any atom is -0.490 e. The maximum absolute atomic E-state index is 11.7. The number of amidine groups is 1. The third kappa shape index (κ3) is 4.80. The van der Waals surface area contributed by atoms with Gasteiger partial charge in [0.1, 0.15) is 24.7 Å². The van der Waals surface area contributed by atoms with E-state index in [1.54, 1.807) is 6.08 Å². The molecule has 2 N–H and O–H groups in total. The van der Waals surface area contributed by atoms with Crippen molar-refractivity contribution in [3.05, 3.63) is 63.5 Å². The summed E-state index contributed by atoms with van der Waals surface area (Å²) < 4.78 is 11.4. The Labute approximate surface area is 160 Å². The molecule has 0 aliphatic carbocycles. The fourth-order valence-corrected chi connectivity index (χ4v) is 3.10. The minimum atomic E-state index is -0.314. The number of thioether (sulfide) groups is 1. The van der Waals surface area contributed by atoms with Gasteiger partial charge in [-0.3, -0.25) is 4.79 Å².